The Balaban J connectivity index is 2.23. The summed E-state index contributed by atoms with van der Waals surface area (Å²) < 4.78 is 0. The number of rotatable bonds is 2. The number of benzene rings is 1. The summed E-state index contributed by atoms with van der Waals surface area (Å²) in [5.41, 5.74) is 0.400. The fourth-order valence-corrected chi connectivity index (χ4v) is 2.15. The Morgan fingerprint density at radius 2 is 2.12 bits per heavy atom. The van der Waals surface area contributed by atoms with Crippen LogP contribution in [0.4, 0.5) is 0 Å². The van der Waals surface area contributed by atoms with Crippen molar-refractivity contribution in [3.05, 3.63) is 34.9 Å². The number of hydrogen-bond acceptors (Lipinski definition) is 3. The van der Waals surface area contributed by atoms with E-state index in [1.165, 1.54) is 0 Å². The van der Waals surface area contributed by atoms with E-state index in [2.05, 4.69) is 0 Å². The zero-order valence-corrected chi connectivity index (χ0v) is 10.1. The van der Waals surface area contributed by atoms with E-state index < -0.39 is 5.60 Å². The van der Waals surface area contributed by atoms with Gasteiger partial charge < -0.3 is 4.79 Å². The maximum atomic E-state index is 10.9. The van der Waals surface area contributed by atoms with Gasteiger partial charge in [-0.15, -0.1) is 0 Å². The van der Waals surface area contributed by atoms with Gasteiger partial charge in [-0.2, -0.15) is 5.06 Å². The van der Waals surface area contributed by atoms with E-state index in [-0.39, 0.29) is 6.04 Å². The summed E-state index contributed by atoms with van der Waals surface area (Å²) in [6.45, 7) is 1.80. The Hall–Kier alpha value is -0.900. The van der Waals surface area contributed by atoms with Gasteiger partial charge in [-0.1, -0.05) is 23.7 Å². The molecule has 0 saturated carbocycles. The quantitative estimate of drug-likeness (QED) is 0.743. The van der Waals surface area contributed by atoms with Crippen molar-refractivity contribution < 1.29 is 9.63 Å². The molecular formula is C12H14ClNO2. The molecule has 2 rings (SSSR count). The zero-order valence-electron chi connectivity index (χ0n) is 9.31. The minimum absolute atomic E-state index is 0.104. The Morgan fingerprint density at radius 1 is 1.50 bits per heavy atom. The van der Waals surface area contributed by atoms with E-state index in [0.717, 1.165) is 11.8 Å². The Bertz CT molecular complexity index is 393. The first-order valence-electron chi connectivity index (χ1n) is 5.18. The summed E-state index contributed by atoms with van der Waals surface area (Å²) in [6, 6.07) is 7.72. The molecule has 86 valence electrons. The van der Waals surface area contributed by atoms with Gasteiger partial charge in [0.15, 0.2) is 6.29 Å². The van der Waals surface area contributed by atoms with E-state index in [4.69, 9.17) is 16.4 Å². The fraction of sp³-hybridized carbons (Fsp3) is 0.417. The molecule has 0 aromatic heterocycles. The predicted octanol–water partition coefficient (Wildman–Crippen LogP) is 2.61. The first kappa shape index (κ1) is 11.6. The molecule has 2 atom stereocenters. The van der Waals surface area contributed by atoms with Crippen LogP contribution in [0.3, 0.4) is 0 Å². The Morgan fingerprint density at radius 3 is 2.62 bits per heavy atom. The average Bonchev–Trinajstić information content (AvgIpc) is 2.57. The molecule has 3 nitrogen and oxygen atoms in total. The topological polar surface area (TPSA) is 29.5 Å². The standard InChI is InChI=1S/C12H14ClNO2/c1-12(8-15)7-11(14(2)16-12)9-3-5-10(13)6-4-9/h3-6,8,11H,7H2,1-2H3/t11-,12-/m0/s1. The van der Waals surface area contributed by atoms with Crippen molar-refractivity contribution in [3.63, 3.8) is 0 Å². The van der Waals surface area contributed by atoms with Gasteiger partial charge in [0.2, 0.25) is 0 Å². The molecule has 0 unspecified atom stereocenters. The van der Waals surface area contributed by atoms with E-state index in [0.29, 0.717) is 11.4 Å². The van der Waals surface area contributed by atoms with Gasteiger partial charge in [-0.05, 0) is 24.6 Å². The van der Waals surface area contributed by atoms with Crippen LogP contribution in [-0.4, -0.2) is 24.0 Å². The highest BCUT2D eigenvalue weighted by atomic mass is 35.5. The summed E-state index contributed by atoms with van der Waals surface area (Å²) in [5, 5.41) is 2.45. The Labute approximate surface area is 99.9 Å². The highest BCUT2D eigenvalue weighted by molar-refractivity contribution is 6.30. The molecule has 0 spiro atoms. The normalized spacial score (nSPS) is 30.6. The summed E-state index contributed by atoms with van der Waals surface area (Å²) in [6.07, 6.45) is 1.52. The van der Waals surface area contributed by atoms with Crippen LogP contribution < -0.4 is 0 Å². The van der Waals surface area contributed by atoms with Crippen LogP contribution >= 0.6 is 11.6 Å². The number of nitrogens with zero attached hydrogens (tertiary/aromatic N) is 1. The lowest BCUT2D eigenvalue weighted by Gasteiger charge is -2.18. The number of aldehydes is 1. The third kappa shape index (κ3) is 2.12. The van der Waals surface area contributed by atoms with Crippen molar-refractivity contribution >= 4 is 17.9 Å². The maximum Gasteiger partial charge on any atom is 0.153 e. The molecule has 0 aliphatic carbocycles. The molecule has 1 heterocycles. The van der Waals surface area contributed by atoms with Gasteiger partial charge in [0.1, 0.15) is 5.60 Å². The molecule has 16 heavy (non-hydrogen) atoms. The largest absolute Gasteiger partial charge is 0.300 e. The average molecular weight is 240 g/mol. The number of hydroxylamine groups is 2. The van der Waals surface area contributed by atoms with Crippen LogP contribution in [-0.2, 0) is 9.63 Å². The molecule has 0 bridgehead atoms. The van der Waals surface area contributed by atoms with Crippen molar-refractivity contribution in [1.29, 1.82) is 0 Å². The molecule has 1 fully saturated rings. The van der Waals surface area contributed by atoms with Gasteiger partial charge >= 0.3 is 0 Å². The smallest absolute Gasteiger partial charge is 0.153 e. The molecule has 1 aromatic carbocycles. The summed E-state index contributed by atoms with van der Waals surface area (Å²) in [4.78, 5) is 16.5. The summed E-state index contributed by atoms with van der Waals surface area (Å²) >= 11 is 5.84. The van der Waals surface area contributed by atoms with Crippen molar-refractivity contribution in [2.45, 2.75) is 25.0 Å². The van der Waals surface area contributed by atoms with Crippen LogP contribution in [0.25, 0.3) is 0 Å². The molecule has 1 aliphatic heterocycles. The third-order valence-electron chi connectivity index (χ3n) is 2.89. The molecule has 1 saturated heterocycles. The van der Waals surface area contributed by atoms with E-state index in [9.17, 15) is 4.79 Å². The highest BCUT2D eigenvalue weighted by Gasteiger charge is 2.41. The van der Waals surface area contributed by atoms with Gasteiger partial charge in [0.05, 0.1) is 6.04 Å². The molecule has 4 heteroatoms. The number of carbonyl (C=O) groups excluding carboxylic acids is 1. The first-order valence-corrected chi connectivity index (χ1v) is 5.56. The maximum absolute atomic E-state index is 10.9. The predicted molar refractivity (Wildman–Crippen MR) is 62.1 cm³/mol. The van der Waals surface area contributed by atoms with Crippen molar-refractivity contribution in [3.8, 4) is 0 Å². The Kier molecular flexibility index (Phi) is 3.02. The van der Waals surface area contributed by atoms with Gasteiger partial charge in [-0.25, -0.2) is 0 Å². The van der Waals surface area contributed by atoms with Gasteiger partial charge in [0.25, 0.3) is 0 Å². The van der Waals surface area contributed by atoms with Crippen LogP contribution in [0, 0.1) is 0 Å². The second-order valence-electron chi connectivity index (χ2n) is 4.34. The number of halogens is 1. The number of carbonyl (C=O) groups is 1. The number of hydrogen-bond donors (Lipinski definition) is 0. The molecule has 0 amide bonds. The molecular weight excluding hydrogens is 226 g/mol. The summed E-state index contributed by atoms with van der Waals surface area (Å²) in [5.74, 6) is 0. The highest BCUT2D eigenvalue weighted by Crippen LogP contribution is 2.38. The van der Waals surface area contributed by atoms with Crippen molar-refractivity contribution in [1.82, 2.24) is 5.06 Å². The zero-order chi connectivity index (χ0) is 11.8. The van der Waals surface area contributed by atoms with E-state index in [1.807, 2.05) is 31.3 Å². The fourth-order valence-electron chi connectivity index (χ4n) is 2.02. The molecule has 1 aliphatic rings. The van der Waals surface area contributed by atoms with Crippen LogP contribution in [0.2, 0.25) is 5.02 Å². The third-order valence-corrected chi connectivity index (χ3v) is 3.15. The lowest BCUT2D eigenvalue weighted by molar-refractivity contribution is -0.182. The van der Waals surface area contributed by atoms with Crippen LogP contribution in [0.5, 0.6) is 0 Å². The lowest BCUT2D eigenvalue weighted by Crippen LogP contribution is -2.27. The monoisotopic (exact) mass is 239 g/mol. The molecule has 0 radical (unpaired) electrons. The first-order chi connectivity index (χ1) is 7.54. The minimum Gasteiger partial charge on any atom is -0.300 e. The van der Waals surface area contributed by atoms with Gasteiger partial charge in [-0.3, -0.25) is 4.84 Å². The molecule has 0 N–H and O–H groups in total. The van der Waals surface area contributed by atoms with Crippen LogP contribution in [0.15, 0.2) is 24.3 Å². The van der Waals surface area contributed by atoms with Crippen molar-refractivity contribution in [2.75, 3.05) is 7.05 Å². The SMILES string of the molecule is CN1O[C@](C)(C=O)C[C@H]1c1ccc(Cl)cc1. The second-order valence-corrected chi connectivity index (χ2v) is 4.78. The van der Waals surface area contributed by atoms with Gasteiger partial charge in [0, 0.05) is 18.5 Å². The van der Waals surface area contributed by atoms with E-state index in [1.54, 1.807) is 12.0 Å². The lowest BCUT2D eigenvalue weighted by atomic mass is 9.95. The van der Waals surface area contributed by atoms with Crippen LogP contribution in [0.1, 0.15) is 24.9 Å². The van der Waals surface area contributed by atoms with E-state index >= 15 is 0 Å². The second kappa shape index (κ2) is 4.17. The van der Waals surface area contributed by atoms with Crippen molar-refractivity contribution in [2.24, 2.45) is 0 Å². The minimum atomic E-state index is -0.709. The summed E-state index contributed by atoms with van der Waals surface area (Å²) in [7, 11) is 1.84. The molecule has 1 aromatic rings.